The lowest BCUT2D eigenvalue weighted by Gasteiger charge is -2.17. The van der Waals surface area contributed by atoms with Crippen LogP contribution in [0.4, 0.5) is 5.69 Å². The average Bonchev–Trinajstić information content (AvgIpc) is 2.73. The summed E-state index contributed by atoms with van der Waals surface area (Å²) in [5.74, 6) is -0.0253. The van der Waals surface area contributed by atoms with E-state index >= 15 is 0 Å². The largest absolute Gasteiger partial charge is 0.295 e. The van der Waals surface area contributed by atoms with Gasteiger partial charge in [0.1, 0.15) is 35.4 Å². The predicted octanol–water partition coefficient (Wildman–Crippen LogP) is 4.88. The van der Waals surface area contributed by atoms with Crippen molar-refractivity contribution >= 4 is 46.9 Å². The molecule has 142 valence electrons. The number of hydrogen-bond acceptors (Lipinski definition) is 9. The summed E-state index contributed by atoms with van der Waals surface area (Å²) in [7, 11) is 0. The maximum absolute atomic E-state index is 11.3. The normalized spacial score (nSPS) is 8.43. The van der Waals surface area contributed by atoms with Gasteiger partial charge in [0.25, 0.3) is 0 Å². The molecule has 0 amide bonds. The molecule has 0 aliphatic rings. The average molecular weight is 428 g/mol. The van der Waals surface area contributed by atoms with Crippen LogP contribution in [0.25, 0.3) is 0 Å². The second-order valence-corrected chi connectivity index (χ2v) is 7.33. The molecule has 0 fully saturated rings. The molecule has 0 saturated heterocycles. The smallest absolute Gasteiger partial charge is 0.159 e. The summed E-state index contributed by atoms with van der Waals surface area (Å²) in [5, 5.41) is 34.3. The van der Waals surface area contributed by atoms with Gasteiger partial charge in [-0.1, -0.05) is 12.1 Å². The summed E-state index contributed by atoms with van der Waals surface area (Å²) in [6, 6.07) is 14.3. The van der Waals surface area contributed by atoms with E-state index in [1.165, 1.54) is 48.6 Å². The number of carbonyl (C=O) groups is 1. The first-order chi connectivity index (χ1) is 13.4. The summed E-state index contributed by atoms with van der Waals surface area (Å²) in [5.41, 5.74) is 1.56. The van der Waals surface area contributed by atoms with Gasteiger partial charge in [-0.3, -0.25) is 9.10 Å². The minimum atomic E-state index is -0.0253. The maximum atomic E-state index is 11.3. The first kappa shape index (κ1) is 25.2. The van der Waals surface area contributed by atoms with Gasteiger partial charge in [-0.05, 0) is 43.5 Å². The van der Waals surface area contributed by atoms with Gasteiger partial charge in [0.15, 0.2) is 5.78 Å². The van der Waals surface area contributed by atoms with Crippen LogP contribution in [0, 0.1) is 45.3 Å². The predicted molar refractivity (Wildman–Crippen MR) is 117 cm³/mol. The maximum Gasteiger partial charge on any atom is 0.159 e. The monoisotopic (exact) mass is 427 g/mol. The number of carbonyl (C=O) groups excluding carboxylic acids is 1. The molecule has 0 N–H and O–H groups in total. The summed E-state index contributed by atoms with van der Waals surface area (Å²) < 4.78 is 2.46. The summed E-state index contributed by atoms with van der Waals surface area (Å²) >= 11 is 4.20. The zero-order valence-corrected chi connectivity index (χ0v) is 18.2. The topological polar surface area (TPSA) is 115 Å². The van der Waals surface area contributed by atoms with Gasteiger partial charge in [-0.25, -0.2) is 0 Å². The Hall–Kier alpha value is -2.82. The molecule has 1 aromatic rings. The number of nitriles is 4. The van der Waals surface area contributed by atoms with Gasteiger partial charge < -0.3 is 0 Å². The standard InChI is InChI=1S/C13H11N3OS.C6H6N2S2/c1-10(17)12-4-3-5-13(6-12)16(18-2)9-11(7-14)8-15;1-9-6(10-2)5(3-7)4-8/h3-6,9H,1-2H3;1-2H3. The van der Waals surface area contributed by atoms with Gasteiger partial charge in [0.05, 0.1) is 9.92 Å². The molecule has 1 rings (SSSR count). The summed E-state index contributed by atoms with van der Waals surface area (Å²) in [4.78, 5) is 11.3. The number of Topliss-reactive ketones (excluding diaryl/α,β-unsaturated/α-hetero) is 1. The minimum Gasteiger partial charge on any atom is -0.295 e. The van der Waals surface area contributed by atoms with Gasteiger partial charge in [0.2, 0.25) is 0 Å². The van der Waals surface area contributed by atoms with Crippen LogP contribution in [0.5, 0.6) is 0 Å². The molecule has 0 aliphatic heterocycles. The lowest BCUT2D eigenvalue weighted by molar-refractivity contribution is 0.101. The molecule has 6 nitrogen and oxygen atoms in total. The zero-order chi connectivity index (χ0) is 21.5. The Morgan fingerprint density at radius 2 is 1.57 bits per heavy atom. The van der Waals surface area contributed by atoms with E-state index in [1.54, 1.807) is 34.6 Å². The Morgan fingerprint density at radius 3 is 1.93 bits per heavy atom. The van der Waals surface area contributed by atoms with Gasteiger partial charge in [0, 0.05) is 18.0 Å². The Morgan fingerprint density at radius 1 is 1.00 bits per heavy atom. The molecule has 0 atom stereocenters. The van der Waals surface area contributed by atoms with Gasteiger partial charge in [-0.2, -0.15) is 21.0 Å². The van der Waals surface area contributed by atoms with Crippen LogP contribution in [-0.2, 0) is 0 Å². The number of benzene rings is 1. The van der Waals surface area contributed by atoms with Crippen LogP contribution in [-0.4, -0.2) is 24.6 Å². The number of hydrogen-bond donors (Lipinski definition) is 0. The lowest BCUT2D eigenvalue weighted by atomic mass is 10.1. The van der Waals surface area contributed by atoms with E-state index in [-0.39, 0.29) is 16.9 Å². The first-order valence-corrected chi connectivity index (χ1v) is 11.1. The van der Waals surface area contributed by atoms with E-state index in [9.17, 15) is 4.79 Å². The van der Waals surface area contributed by atoms with Crippen LogP contribution in [0.1, 0.15) is 17.3 Å². The molecule has 9 heteroatoms. The fourth-order valence-electron chi connectivity index (χ4n) is 1.70. The fraction of sp³-hybridized carbons (Fsp3) is 0.211. The van der Waals surface area contributed by atoms with E-state index in [4.69, 9.17) is 21.0 Å². The highest BCUT2D eigenvalue weighted by Gasteiger charge is 2.07. The van der Waals surface area contributed by atoms with Crippen molar-refractivity contribution in [2.75, 3.05) is 23.1 Å². The Bertz CT molecular complexity index is 889. The van der Waals surface area contributed by atoms with Gasteiger partial charge in [-0.15, -0.1) is 23.5 Å². The number of allylic oxidation sites excluding steroid dienone is 2. The molecule has 1 aromatic carbocycles. The van der Waals surface area contributed by atoms with Crippen molar-refractivity contribution in [2.45, 2.75) is 6.92 Å². The van der Waals surface area contributed by atoms with Crippen molar-refractivity contribution in [2.24, 2.45) is 0 Å². The van der Waals surface area contributed by atoms with E-state index in [0.29, 0.717) is 5.56 Å². The highest BCUT2D eigenvalue weighted by Crippen LogP contribution is 2.26. The minimum absolute atomic E-state index is 0.0116. The summed E-state index contributed by atoms with van der Waals surface area (Å²) in [6.07, 6.45) is 6.97. The Kier molecular flexibility index (Phi) is 12.8. The molecule has 0 aromatic heterocycles. The number of anilines is 1. The number of nitrogens with zero attached hydrogens (tertiary/aromatic N) is 5. The first-order valence-electron chi connectivity index (χ1n) is 7.51. The van der Waals surface area contributed by atoms with Crippen molar-refractivity contribution in [3.63, 3.8) is 0 Å². The van der Waals surface area contributed by atoms with E-state index in [1.807, 2.05) is 37.0 Å². The van der Waals surface area contributed by atoms with Crippen molar-refractivity contribution < 1.29 is 4.79 Å². The van der Waals surface area contributed by atoms with Crippen LogP contribution < -0.4 is 4.31 Å². The van der Waals surface area contributed by atoms with E-state index in [0.717, 1.165) is 9.92 Å². The molecule has 28 heavy (non-hydrogen) atoms. The SMILES string of the molecule is CSC(SC)=C(C#N)C#N.CSN(C=C(C#N)C#N)c1cccc(C(C)=O)c1. The zero-order valence-electron chi connectivity index (χ0n) is 15.8. The molecular weight excluding hydrogens is 410 g/mol. The van der Waals surface area contributed by atoms with Crippen molar-refractivity contribution in [3.8, 4) is 24.3 Å². The quantitative estimate of drug-likeness (QED) is 0.356. The van der Waals surface area contributed by atoms with E-state index < -0.39 is 0 Å². The van der Waals surface area contributed by atoms with Crippen molar-refractivity contribution in [3.05, 3.63) is 51.4 Å². The third kappa shape index (κ3) is 8.25. The Balaban J connectivity index is 0.000000621. The van der Waals surface area contributed by atoms with Crippen LogP contribution in [0.2, 0.25) is 0 Å². The fourth-order valence-corrected chi connectivity index (χ4v) is 3.49. The highest BCUT2D eigenvalue weighted by molar-refractivity contribution is 8.21. The van der Waals surface area contributed by atoms with E-state index in [2.05, 4.69) is 0 Å². The molecular formula is C19H17N5OS3. The molecule has 0 saturated carbocycles. The second-order valence-electron chi connectivity index (χ2n) is 4.68. The Labute approximate surface area is 178 Å². The number of rotatable bonds is 6. The highest BCUT2D eigenvalue weighted by atomic mass is 32.2. The van der Waals surface area contributed by atoms with Crippen LogP contribution >= 0.6 is 35.5 Å². The molecule has 0 unspecified atom stereocenters. The lowest BCUT2D eigenvalue weighted by Crippen LogP contribution is -2.06. The second kappa shape index (κ2) is 14.3. The molecule has 0 heterocycles. The number of thioether (sulfide) groups is 2. The number of ketones is 1. The third-order valence-corrected chi connectivity index (χ3v) is 5.85. The summed E-state index contributed by atoms with van der Waals surface area (Å²) in [6.45, 7) is 1.49. The van der Waals surface area contributed by atoms with Crippen molar-refractivity contribution in [1.29, 1.82) is 21.0 Å². The molecule has 0 bridgehead atoms. The van der Waals surface area contributed by atoms with Crippen LogP contribution in [0.15, 0.2) is 45.8 Å². The van der Waals surface area contributed by atoms with Gasteiger partial charge >= 0.3 is 0 Å². The molecule has 0 spiro atoms. The third-order valence-electron chi connectivity index (χ3n) is 2.99. The van der Waals surface area contributed by atoms with Crippen molar-refractivity contribution in [1.82, 2.24) is 0 Å². The molecule has 0 aliphatic carbocycles. The van der Waals surface area contributed by atoms with Crippen LogP contribution in [0.3, 0.4) is 0 Å². The molecule has 0 radical (unpaired) electrons.